The molecule has 0 aliphatic carbocycles. The number of carbonyl (C=O) groups is 4. The van der Waals surface area contributed by atoms with Crippen LogP contribution in [0.25, 0.3) is 0 Å². The average molecular weight is 815 g/mol. The van der Waals surface area contributed by atoms with Crippen LogP contribution in [0.2, 0.25) is 0 Å². The molecule has 0 bridgehead atoms. The largest absolute Gasteiger partial charge is 0.493 e. The van der Waals surface area contributed by atoms with Crippen LogP contribution in [-0.4, -0.2) is 150 Å². The Bertz CT molecular complexity index is 1280. The number of nitrogens with one attached hydrogen (secondary N) is 3. The van der Waals surface area contributed by atoms with Crippen LogP contribution in [-0.2, 0) is 41.0 Å². The summed E-state index contributed by atoms with van der Waals surface area (Å²) in [4.78, 5) is 49.2. The van der Waals surface area contributed by atoms with Crippen LogP contribution < -0.4 is 16.0 Å². The van der Waals surface area contributed by atoms with E-state index in [4.69, 9.17) is 14.9 Å². The first-order chi connectivity index (χ1) is 25.1. The van der Waals surface area contributed by atoms with Gasteiger partial charge in [0.25, 0.3) is 0 Å². The number of amides is 3. The first-order valence-electron chi connectivity index (χ1n) is 17.5. The maximum absolute atomic E-state index is 12.6. The van der Waals surface area contributed by atoms with Gasteiger partial charge in [-0.25, -0.2) is 9.86 Å². The van der Waals surface area contributed by atoms with Gasteiger partial charge in [-0.3, -0.25) is 19.6 Å². The smallest absolute Gasteiger partial charge is 0.328 e. The van der Waals surface area contributed by atoms with Crippen molar-refractivity contribution in [2.75, 3.05) is 39.5 Å². The van der Waals surface area contributed by atoms with Crippen LogP contribution in [0.15, 0.2) is 47.4 Å². The molecule has 0 aromatic carbocycles. The van der Waals surface area contributed by atoms with E-state index < -0.39 is 60.2 Å². The summed E-state index contributed by atoms with van der Waals surface area (Å²) in [5, 5.41) is 87.9. The fourth-order valence-corrected chi connectivity index (χ4v) is 5.04. The zero-order valence-electron chi connectivity index (χ0n) is 31.0. The van der Waals surface area contributed by atoms with Gasteiger partial charge in [0, 0.05) is 56.8 Å². The minimum Gasteiger partial charge on any atom is -0.493 e. The third kappa shape index (κ3) is 20.9. The second-order valence-corrected chi connectivity index (χ2v) is 12.6. The van der Waals surface area contributed by atoms with E-state index in [9.17, 15) is 50.1 Å². The van der Waals surface area contributed by atoms with Crippen molar-refractivity contribution < 1.29 is 82.1 Å². The number of aliphatic hydroxyl groups is 5. The molecule has 0 aromatic rings. The molecule has 0 radical (unpaired) electrons. The first kappa shape index (κ1) is 50.6. The molecule has 1 heterocycles. The summed E-state index contributed by atoms with van der Waals surface area (Å²) < 4.78 is 5.16. The van der Waals surface area contributed by atoms with Crippen LogP contribution in [0, 0.1) is 0 Å². The summed E-state index contributed by atoms with van der Waals surface area (Å²) in [6.07, 6.45) is 5.87. The maximum atomic E-state index is 12.6. The summed E-state index contributed by atoms with van der Waals surface area (Å²) in [6, 6.07) is -2.71. The zero-order chi connectivity index (χ0) is 39.9. The number of carbonyl (C=O) groups excluding carboxylic acids is 4. The van der Waals surface area contributed by atoms with Gasteiger partial charge in [-0.15, -0.1) is 0 Å². The van der Waals surface area contributed by atoms with Gasteiger partial charge in [0.2, 0.25) is 23.6 Å². The third-order valence-corrected chi connectivity index (χ3v) is 8.01. The summed E-state index contributed by atoms with van der Waals surface area (Å²) in [5.41, 5.74) is 1.38. The first-order valence-corrected chi connectivity index (χ1v) is 17.5. The summed E-state index contributed by atoms with van der Waals surface area (Å²) >= 11 is 0. The predicted molar refractivity (Wildman–Crippen MR) is 188 cm³/mol. The van der Waals surface area contributed by atoms with E-state index in [0.717, 1.165) is 6.08 Å². The van der Waals surface area contributed by atoms with Gasteiger partial charge in [0.05, 0.1) is 0 Å². The van der Waals surface area contributed by atoms with E-state index in [1.807, 2.05) is 0 Å². The number of esters is 1. The number of hydrogen-bond donors (Lipinski definition) is 11. The number of ether oxygens (including phenoxy) is 1. The molecule has 310 valence electrons. The van der Waals surface area contributed by atoms with Gasteiger partial charge < -0.3 is 56.6 Å². The number of allylic oxidation sites excluding steroid dienone is 2. The van der Waals surface area contributed by atoms with E-state index in [1.54, 1.807) is 13.8 Å². The van der Waals surface area contributed by atoms with Gasteiger partial charge in [-0.2, -0.15) is 10.1 Å². The Kier molecular flexibility index (Phi) is 26.3. The van der Waals surface area contributed by atoms with Crippen LogP contribution in [0.3, 0.4) is 0 Å². The monoisotopic (exact) mass is 814 g/mol. The molecule has 54 heavy (non-hydrogen) atoms. The molecule has 2 unspecified atom stereocenters. The Morgan fingerprint density at radius 2 is 1.31 bits per heavy atom. The number of rotatable bonds is 26. The molecule has 11 N–H and O–H groups in total. The molecule has 19 nitrogen and oxygen atoms in total. The Hall–Kier alpha value is -3.40. The number of hydroxylamine groups is 6. The fraction of sp³-hybridized carbons (Fsp3) is 0.647. The molecule has 1 aliphatic rings. The molecule has 3 amide bonds. The molecule has 0 aromatic heterocycles. The Morgan fingerprint density at radius 1 is 0.833 bits per heavy atom. The van der Waals surface area contributed by atoms with Crippen molar-refractivity contribution in [2.45, 2.75) is 103 Å². The van der Waals surface area contributed by atoms with Crippen molar-refractivity contribution in [3.63, 3.8) is 0 Å². The summed E-state index contributed by atoms with van der Waals surface area (Å²) in [6.45, 7) is 4.13. The predicted octanol–water partition coefficient (Wildman–Crippen LogP) is -0.321. The standard InChI is InChI=1S/C34H58N6O13.Fe/c1-23(13-18-41)21-30(45)39(51)16-7-10-27-33(48)36-26(32(47)37-27)9-6-15-38(50)29(44)12-4-5-20-53-34(49)28(35-25(3)43)11-8-17-40(52)31(46)22-24(2)14-19-42;/h4-5,12,21-22,26-28,30-31,41-42,44-46,50-52H,6-11,13-20H2,1-3H3,(H,35,43)(H,36,48)(H,37,47);/b5-4+,23-21+,24-22+,29-12+;/t26-,27-,28-,30?,31?;/m0./s1. The van der Waals surface area contributed by atoms with E-state index in [0.29, 0.717) is 39.2 Å². The Morgan fingerprint density at radius 3 is 1.80 bits per heavy atom. The topological polar surface area (TPSA) is 285 Å². The molecule has 20 heteroatoms. The van der Waals surface area contributed by atoms with Gasteiger partial charge >= 0.3 is 5.97 Å². The SMILES string of the molecule is CC(=O)N[C@@H](CCCN(O)C(O)/C=C(\C)CCO)C(=O)OC/C=C/C=C(/O)N(O)CCC[C@@H]1NC(=O)[C@H](CCCN(O)C(O)/C=C(\C)CCO)NC1=O.[Fe]. The van der Waals surface area contributed by atoms with Gasteiger partial charge in [-0.05, 0) is 89.5 Å². The quantitative estimate of drug-likeness (QED) is 0.0102. The van der Waals surface area contributed by atoms with Crippen molar-refractivity contribution in [2.24, 2.45) is 0 Å². The fourth-order valence-electron chi connectivity index (χ4n) is 5.04. The molecule has 1 rings (SSSR count). The number of hydrogen-bond acceptors (Lipinski definition) is 16. The van der Waals surface area contributed by atoms with Gasteiger partial charge in [-0.1, -0.05) is 17.2 Å². The summed E-state index contributed by atoms with van der Waals surface area (Å²) in [7, 11) is 0. The average Bonchev–Trinajstić information content (AvgIpc) is 3.08. The molecule has 0 spiro atoms. The Balaban J connectivity index is 0.0000281. The number of nitrogens with zero attached hydrogens (tertiary/aromatic N) is 3. The molecule has 1 saturated heterocycles. The van der Waals surface area contributed by atoms with Crippen molar-refractivity contribution in [3.05, 3.63) is 47.4 Å². The van der Waals surface area contributed by atoms with E-state index in [2.05, 4.69) is 16.0 Å². The second-order valence-electron chi connectivity index (χ2n) is 12.6. The Labute approximate surface area is 326 Å². The van der Waals surface area contributed by atoms with Crippen molar-refractivity contribution in [3.8, 4) is 0 Å². The van der Waals surface area contributed by atoms with E-state index >= 15 is 0 Å². The van der Waals surface area contributed by atoms with Gasteiger partial charge in [0.1, 0.15) is 37.2 Å². The molecule has 1 aliphatic heterocycles. The number of piperazine rings is 1. The maximum Gasteiger partial charge on any atom is 0.328 e. The second kappa shape index (κ2) is 28.1. The van der Waals surface area contributed by atoms with E-state index in [1.165, 1.54) is 31.2 Å². The van der Waals surface area contributed by atoms with Crippen LogP contribution >= 0.6 is 0 Å². The minimum absolute atomic E-state index is 0. The summed E-state index contributed by atoms with van der Waals surface area (Å²) in [5.74, 6) is -2.60. The molecule has 0 saturated carbocycles. The van der Waals surface area contributed by atoms with Crippen LogP contribution in [0.4, 0.5) is 0 Å². The van der Waals surface area contributed by atoms with Crippen molar-refractivity contribution in [1.82, 2.24) is 31.1 Å². The minimum atomic E-state index is -1.31. The molecule has 1 fully saturated rings. The molecular formula is C34H58FeN6O13. The van der Waals surface area contributed by atoms with Crippen molar-refractivity contribution >= 4 is 23.7 Å². The number of aliphatic hydroxyl groups excluding tert-OH is 5. The third-order valence-electron chi connectivity index (χ3n) is 8.01. The van der Waals surface area contributed by atoms with Crippen LogP contribution in [0.1, 0.15) is 72.1 Å². The van der Waals surface area contributed by atoms with E-state index in [-0.39, 0.29) is 95.0 Å². The van der Waals surface area contributed by atoms with Crippen LogP contribution in [0.5, 0.6) is 0 Å². The molecular weight excluding hydrogens is 756 g/mol. The van der Waals surface area contributed by atoms with Crippen molar-refractivity contribution in [1.29, 1.82) is 0 Å². The normalized spacial score (nSPS) is 18.6. The van der Waals surface area contributed by atoms with Gasteiger partial charge in [0.15, 0.2) is 0 Å². The molecule has 5 atom stereocenters. The zero-order valence-corrected chi connectivity index (χ0v) is 32.1.